The molecule has 0 saturated carbocycles. The lowest BCUT2D eigenvalue weighted by Gasteiger charge is -2.12. The molecule has 1 heterocycles. The molecular formula is C18H19NO2. The molecule has 0 atom stereocenters. The maximum absolute atomic E-state index is 5.87. The molecule has 108 valence electrons. The molecule has 0 N–H and O–H groups in total. The highest BCUT2D eigenvalue weighted by atomic mass is 16.5. The fraction of sp³-hybridized carbons (Fsp3) is 0.222. The molecule has 3 nitrogen and oxygen atoms in total. The van der Waals surface area contributed by atoms with Crippen LogP contribution in [0, 0.1) is 0 Å². The van der Waals surface area contributed by atoms with Crippen molar-refractivity contribution in [3.05, 3.63) is 60.8 Å². The molecule has 0 aliphatic rings. The van der Waals surface area contributed by atoms with Crippen LogP contribution in [0.3, 0.4) is 0 Å². The first kappa shape index (κ1) is 13.6. The van der Waals surface area contributed by atoms with E-state index in [4.69, 9.17) is 9.47 Å². The third-order valence-electron chi connectivity index (χ3n) is 3.42. The van der Waals surface area contributed by atoms with Gasteiger partial charge in [0.05, 0.1) is 13.2 Å². The smallest absolute Gasteiger partial charge is 0.161 e. The third kappa shape index (κ3) is 3.02. The fourth-order valence-corrected chi connectivity index (χ4v) is 2.43. The van der Waals surface area contributed by atoms with Gasteiger partial charge < -0.3 is 14.0 Å². The summed E-state index contributed by atoms with van der Waals surface area (Å²) >= 11 is 0. The lowest BCUT2D eigenvalue weighted by atomic mass is 10.2. The summed E-state index contributed by atoms with van der Waals surface area (Å²) in [7, 11) is 0. The van der Waals surface area contributed by atoms with Crippen LogP contribution >= 0.6 is 0 Å². The van der Waals surface area contributed by atoms with Gasteiger partial charge in [-0.05, 0) is 36.6 Å². The van der Waals surface area contributed by atoms with Crippen LogP contribution in [0.1, 0.15) is 6.92 Å². The summed E-state index contributed by atoms with van der Waals surface area (Å²) in [6, 6.07) is 18.3. The van der Waals surface area contributed by atoms with Crippen LogP contribution in [0.2, 0.25) is 0 Å². The predicted octanol–water partition coefficient (Wildman–Crippen LogP) is 4.12. The predicted molar refractivity (Wildman–Crippen MR) is 85.0 cm³/mol. The third-order valence-corrected chi connectivity index (χ3v) is 3.42. The van der Waals surface area contributed by atoms with E-state index >= 15 is 0 Å². The molecule has 21 heavy (non-hydrogen) atoms. The molecule has 0 amide bonds. The van der Waals surface area contributed by atoms with Crippen LogP contribution in [0.5, 0.6) is 11.5 Å². The number of hydrogen-bond acceptors (Lipinski definition) is 2. The Labute approximate surface area is 124 Å². The Hall–Kier alpha value is -2.42. The zero-order valence-corrected chi connectivity index (χ0v) is 12.2. The molecule has 0 bridgehead atoms. The Morgan fingerprint density at radius 3 is 2.38 bits per heavy atom. The van der Waals surface area contributed by atoms with Gasteiger partial charge in [-0.2, -0.15) is 0 Å². The van der Waals surface area contributed by atoms with Gasteiger partial charge in [-0.3, -0.25) is 0 Å². The zero-order valence-electron chi connectivity index (χ0n) is 12.2. The van der Waals surface area contributed by atoms with E-state index < -0.39 is 0 Å². The number of benzene rings is 2. The molecule has 3 heteroatoms. The van der Waals surface area contributed by atoms with Gasteiger partial charge in [-0.1, -0.05) is 30.3 Å². The normalized spacial score (nSPS) is 10.7. The monoisotopic (exact) mass is 281 g/mol. The minimum Gasteiger partial charge on any atom is -0.490 e. The molecule has 0 aliphatic heterocycles. The summed E-state index contributed by atoms with van der Waals surface area (Å²) in [6.07, 6.45) is 2.10. The maximum Gasteiger partial charge on any atom is 0.161 e. The number of hydrogen-bond donors (Lipinski definition) is 0. The molecule has 0 spiro atoms. The van der Waals surface area contributed by atoms with E-state index in [1.807, 2.05) is 31.2 Å². The Kier molecular flexibility index (Phi) is 4.10. The fourth-order valence-electron chi connectivity index (χ4n) is 2.43. The van der Waals surface area contributed by atoms with Crippen LogP contribution in [0.25, 0.3) is 10.9 Å². The van der Waals surface area contributed by atoms with E-state index in [0.29, 0.717) is 13.2 Å². The molecule has 0 aliphatic carbocycles. The van der Waals surface area contributed by atoms with E-state index in [2.05, 4.69) is 41.1 Å². The average molecular weight is 281 g/mol. The highest BCUT2D eigenvalue weighted by Crippen LogP contribution is 2.26. The molecule has 3 rings (SSSR count). The number of aromatic nitrogens is 1. The van der Waals surface area contributed by atoms with Gasteiger partial charge in [0.2, 0.25) is 0 Å². The molecule has 2 aromatic carbocycles. The first-order chi connectivity index (χ1) is 10.4. The van der Waals surface area contributed by atoms with Crippen molar-refractivity contribution in [1.82, 2.24) is 4.57 Å². The minimum absolute atomic E-state index is 0.614. The van der Waals surface area contributed by atoms with E-state index in [-0.39, 0.29) is 0 Å². The van der Waals surface area contributed by atoms with Crippen LogP contribution in [0.15, 0.2) is 60.8 Å². The quantitative estimate of drug-likeness (QED) is 0.678. The van der Waals surface area contributed by atoms with Crippen LogP contribution in [-0.2, 0) is 6.54 Å². The van der Waals surface area contributed by atoms with Gasteiger partial charge >= 0.3 is 0 Å². The molecule has 0 unspecified atom stereocenters. The average Bonchev–Trinajstić information content (AvgIpc) is 2.93. The van der Waals surface area contributed by atoms with Crippen LogP contribution in [-0.4, -0.2) is 17.8 Å². The second-order valence-electron chi connectivity index (χ2n) is 4.80. The van der Waals surface area contributed by atoms with E-state index in [9.17, 15) is 0 Å². The lowest BCUT2D eigenvalue weighted by molar-refractivity contribution is 0.268. The van der Waals surface area contributed by atoms with Crippen molar-refractivity contribution in [3.8, 4) is 11.5 Å². The molecule has 0 fully saturated rings. The number of rotatable bonds is 6. The highest BCUT2D eigenvalue weighted by molar-refractivity contribution is 5.79. The number of ether oxygens (including phenoxy) is 2. The summed E-state index contributed by atoms with van der Waals surface area (Å²) in [5.41, 5.74) is 1.24. The van der Waals surface area contributed by atoms with Gasteiger partial charge in [0.25, 0.3) is 0 Å². The van der Waals surface area contributed by atoms with Crippen molar-refractivity contribution in [1.29, 1.82) is 0 Å². The molecular weight excluding hydrogens is 262 g/mol. The van der Waals surface area contributed by atoms with Crippen molar-refractivity contribution in [2.45, 2.75) is 13.5 Å². The maximum atomic E-state index is 5.87. The summed E-state index contributed by atoms with van der Waals surface area (Å²) in [6.45, 7) is 4.04. The van der Waals surface area contributed by atoms with Gasteiger partial charge in [-0.25, -0.2) is 0 Å². The summed E-state index contributed by atoms with van der Waals surface area (Å²) in [4.78, 5) is 0. The van der Waals surface area contributed by atoms with Crippen LogP contribution < -0.4 is 9.47 Å². The van der Waals surface area contributed by atoms with Crippen molar-refractivity contribution < 1.29 is 9.47 Å². The zero-order chi connectivity index (χ0) is 14.5. The molecule has 3 aromatic rings. The summed E-state index contributed by atoms with van der Waals surface area (Å²) < 4.78 is 13.6. The molecule has 0 saturated heterocycles. The van der Waals surface area contributed by atoms with Crippen molar-refractivity contribution >= 4 is 10.9 Å². The highest BCUT2D eigenvalue weighted by Gasteiger charge is 2.04. The largest absolute Gasteiger partial charge is 0.490 e. The summed E-state index contributed by atoms with van der Waals surface area (Å²) in [5, 5.41) is 1.26. The van der Waals surface area contributed by atoms with Gasteiger partial charge in [0, 0.05) is 11.7 Å². The van der Waals surface area contributed by atoms with Crippen molar-refractivity contribution in [2.24, 2.45) is 0 Å². The SMILES string of the molecule is CCOc1ccccc1OCCn1ccc2ccccc21. The Bertz CT molecular complexity index is 718. The van der Waals surface area contributed by atoms with Crippen molar-refractivity contribution in [3.63, 3.8) is 0 Å². The Balaban J connectivity index is 1.66. The van der Waals surface area contributed by atoms with Gasteiger partial charge in [-0.15, -0.1) is 0 Å². The van der Waals surface area contributed by atoms with Crippen molar-refractivity contribution in [2.75, 3.05) is 13.2 Å². The first-order valence-electron chi connectivity index (χ1n) is 7.27. The standard InChI is InChI=1S/C18H19NO2/c1-2-20-17-9-5-6-10-18(17)21-14-13-19-12-11-15-7-3-4-8-16(15)19/h3-12H,2,13-14H2,1H3. The topological polar surface area (TPSA) is 23.4 Å². The number of para-hydroxylation sites is 3. The van der Waals surface area contributed by atoms with Gasteiger partial charge in [0.15, 0.2) is 11.5 Å². The number of fused-ring (bicyclic) bond motifs is 1. The summed E-state index contributed by atoms with van der Waals surface area (Å²) in [5.74, 6) is 1.60. The van der Waals surface area contributed by atoms with E-state index in [1.165, 1.54) is 10.9 Å². The first-order valence-corrected chi connectivity index (χ1v) is 7.27. The van der Waals surface area contributed by atoms with E-state index in [0.717, 1.165) is 18.0 Å². The minimum atomic E-state index is 0.614. The Morgan fingerprint density at radius 1 is 0.857 bits per heavy atom. The second kappa shape index (κ2) is 6.35. The van der Waals surface area contributed by atoms with Gasteiger partial charge in [0.1, 0.15) is 6.61 Å². The van der Waals surface area contributed by atoms with E-state index in [1.54, 1.807) is 0 Å². The van der Waals surface area contributed by atoms with Crippen LogP contribution in [0.4, 0.5) is 0 Å². The lowest BCUT2D eigenvalue weighted by Crippen LogP contribution is -2.08. The Morgan fingerprint density at radius 2 is 1.57 bits per heavy atom. The number of nitrogens with zero attached hydrogens (tertiary/aromatic N) is 1. The molecule has 0 radical (unpaired) electrons. The second-order valence-corrected chi connectivity index (χ2v) is 4.80. The molecule has 1 aromatic heterocycles.